The Morgan fingerprint density at radius 1 is 0.347 bits per heavy atom. The van der Waals surface area contributed by atoms with Crippen LogP contribution in [0.1, 0.15) is 40.3 Å². The van der Waals surface area contributed by atoms with Crippen LogP contribution in [0.15, 0.2) is 251 Å². The van der Waals surface area contributed by atoms with Gasteiger partial charge in [-0.3, -0.25) is 19.1 Å². The summed E-state index contributed by atoms with van der Waals surface area (Å²) in [5, 5.41) is 7.67. The van der Waals surface area contributed by atoms with Gasteiger partial charge >= 0.3 is 0 Å². The van der Waals surface area contributed by atoms with Crippen molar-refractivity contribution in [1.29, 1.82) is 0 Å². The van der Waals surface area contributed by atoms with Crippen molar-refractivity contribution in [1.82, 2.24) is 4.90 Å². The van der Waals surface area contributed by atoms with Crippen LogP contribution in [0.4, 0.5) is 17.1 Å². The second-order valence-electron chi connectivity index (χ2n) is 20.4. The Kier molecular flexibility index (Phi) is 13.5. The molecule has 4 nitrogen and oxygen atoms in total. The topological polar surface area (TPSA) is 40.3 Å². The highest BCUT2D eigenvalue weighted by molar-refractivity contribution is 7.83. The predicted octanol–water partition coefficient (Wildman–Crippen LogP) is 15.3. The van der Waals surface area contributed by atoms with E-state index in [0.717, 1.165) is 55.2 Å². The largest absolute Gasteiger partial charge is 0.291 e. The summed E-state index contributed by atoms with van der Waals surface area (Å²) in [5.41, 5.74) is 10.2. The van der Waals surface area contributed by atoms with Crippen molar-refractivity contribution >= 4 is 70.1 Å². The van der Waals surface area contributed by atoms with Gasteiger partial charge in [-0.2, -0.15) is 0 Å². The second kappa shape index (κ2) is 20.3. The van der Waals surface area contributed by atoms with E-state index in [-0.39, 0.29) is 0 Å². The Bertz CT molecular complexity index is 3250. The molecule has 358 valence electrons. The zero-order valence-corrected chi connectivity index (χ0v) is 44.6. The molecule has 9 aromatic carbocycles. The molecule has 3 aliphatic rings. The standard InChI is InChI=1S/C65H63N4P3/c1-50-36-39-56-42-54(50)45-69-44-53-38-35-52(3)64(41-53)68-72(62-31-19-9-20-32-62,63-33-21-10-22-34-63)49-65(4,47-70(66-56,58-23-11-5-12-24-58)59-25-13-6-14-26-59)48-71(60-27-15-7-16-28-60,61-29-17-8-18-30-61)67-57-40-37-51(2)55(43-57)46-69/h5-43H,44-49H2,1-4H3. The van der Waals surface area contributed by atoms with Gasteiger partial charge in [0.05, 0.1) is 17.1 Å². The number of nitrogens with zero attached hydrogens (tertiary/aromatic N) is 4. The normalized spacial score (nSPS) is 19.1. The highest BCUT2D eigenvalue weighted by Gasteiger charge is 2.45. The molecule has 3 heterocycles. The van der Waals surface area contributed by atoms with Crippen molar-refractivity contribution < 1.29 is 0 Å². The van der Waals surface area contributed by atoms with Crippen molar-refractivity contribution in [3.05, 3.63) is 270 Å². The van der Waals surface area contributed by atoms with Crippen LogP contribution >= 0.6 is 21.2 Å². The molecule has 12 rings (SSSR count). The van der Waals surface area contributed by atoms with E-state index in [4.69, 9.17) is 14.2 Å². The molecule has 0 aromatic heterocycles. The fourth-order valence-corrected chi connectivity index (χ4v) is 24.5. The Hall–Kier alpha value is -6.37. The smallest absolute Gasteiger partial charge is 0.0653 e. The van der Waals surface area contributed by atoms with Crippen LogP contribution in [0, 0.1) is 26.2 Å². The lowest BCUT2D eigenvalue weighted by molar-refractivity contribution is 0.247. The van der Waals surface area contributed by atoms with Crippen LogP contribution in [0.25, 0.3) is 0 Å². The SMILES string of the molecule is Cc1ccc2cc1CN1Cc3ccc(C)c(c3)N=P(c3ccccc3)(c3ccccc3)CC(C)(CP(c3ccccc3)(c3ccccc3)=N2)CP(c2ccccc2)(c2ccccc2)=Nc2ccc(C)c(c2)C1. The number of aryl methyl sites for hydroxylation is 3. The summed E-state index contributed by atoms with van der Waals surface area (Å²) in [5.74, 6) is 0. The van der Waals surface area contributed by atoms with Gasteiger partial charge < -0.3 is 0 Å². The molecule has 0 saturated heterocycles. The molecular weight excluding hydrogens is 930 g/mol. The summed E-state index contributed by atoms with van der Waals surface area (Å²) in [6.07, 6.45) is 2.36. The van der Waals surface area contributed by atoms with Gasteiger partial charge in [-0.05, 0) is 140 Å². The zero-order valence-electron chi connectivity index (χ0n) is 41.9. The van der Waals surface area contributed by atoms with Gasteiger partial charge in [0, 0.05) is 40.8 Å². The Balaban J connectivity index is 1.37. The maximum absolute atomic E-state index is 6.44. The molecule has 0 amide bonds. The molecule has 7 heteroatoms. The highest BCUT2D eigenvalue weighted by atomic mass is 31.2. The van der Waals surface area contributed by atoms with E-state index < -0.39 is 26.6 Å². The van der Waals surface area contributed by atoms with E-state index in [9.17, 15) is 0 Å². The quantitative estimate of drug-likeness (QED) is 0.153. The van der Waals surface area contributed by atoms with Crippen molar-refractivity contribution in [2.24, 2.45) is 19.6 Å². The van der Waals surface area contributed by atoms with Crippen LogP contribution in [-0.2, 0) is 19.6 Å². The molecule has 0 saturated carbocycles. The lowest BCUT2D eigenvalue weighted by Gasteiger charge is -2.44. The number of benzene rings is 9. The fraction of sp³-hybridized carbons (Fsp3) is 0.169. The minimum Gasteiger partial charge on any atom is -0.291 e. The molecule has 0 aliphatic carbocycles. The first-order chi connectivity index (χ1) is 35.1. The molecule has 3 aliphatic heterocycles. The fourth-order valence-electron chi connectivity index (χ4n) is 11.4. The monoisotopic (exact) mass is 992 g/mol. The molecule has 0 unspecified atom stereocenters. The summed E-state index contributed by atoms with van der Waals surface area (Å²) >= 11 is 0. The number of rotatable bonds is 6. The molecule has 9 aromatic rings. The van der Waals surface area contributed by atoms with Crippen LogP contribution in [0.3, 0.4) is 0 Å². The van der Waals surface area contributed by atoms with E-state index in [2.05, 4.69) is 269 Å². The first-order valence-corrected chi connectivity index (χ1v) is 31.1. The number of fused-ring (bicyclic) bond motifs is 3. The third kappa shape index (κ3) is 9.55. The summed E-state index contributed by atoms with van der Waals surface area (Å²) in [7, 11) is -8.24. The van der Waals surface area contributed by atoms with Crippen LogP contribution in [-0.4, -0.2) is 23.4 Å². The van der Waals surface area contributed by atoms with Crippen LogP contribution in [0.5, 0.6) is 0 Å². The van der Waals surface area contributed by atoms with Gasteiger partial charge in [0.2, 0.25) is 0 Å². The van der Waals surface area contributed by atoms with Gasteiger partial charge in [-0.15, -0.1) is 0 Å². The van der Waals surface area contributed by atoms with E-state index in [1.54, 1.807) is 0 Å². The van der Waals surface area contributed by atoms with Gasteiger partial charge in [0.15, 0.2) is 0 Å². The minimum atomic E-state index is -2.75. The van der Waals surface area contributed by atoms with Gasteiger partial charge in [-0.25, -0.2) is 0 Å². The second-order valence-corrected chi connectivity index (χ2v) is 29.7. The van der Waals surface area contributed by atoms with Gasteiger partial charge in [0.25, 0.3) is 0 Å². The van der Waals surface area contributed by atoms with Crippen molar-refractivity contribution in [2.75, 3.05) is 18.5 Å². The first-order valence-electron chi connectivity index (χ1n) is 25.3. The molecule has 0 N–H and O–H groups in total. The lowest BCUT2D eigenvalue weighted by atomic mass is 9.99. The Labute approximate surface area is 428 Å². The Morgan fingerprint density at radius 3 is 1.01 bits per heavy atom. The third-order valence-electron chi connectivity index (χ3n) is 14.9. The maximum Gasteiger partial charge on any atom is 0.0653 e. The summed E-state index contributed by atoms with van der Waals surface area (Å²) in [6.45, 7) is 11.7. The molecule has 8 bridgehead atoms. The highest BCUT2D eigenvalue weighted by Crippen LogP contribution is 2.65. The number of hydrogen-bond donors (Lipinski definition) is 0. The first kappa shape index (κ1) is 47.9. The summed E-state index contributed by atoms with van der Waals surface area (Å²) < 4.78 is 19.2. The van der Waals surface area contributed by atoms with E-state index >= 15 is 0 Å². The van der Waals surface area contributed by atoms with Crippen molar-refractivity contribution in [3.8, 4) is 0 Å². The van der Waals surface area contributed by atoms with E-state index in [0.29, 0.717) is 0 Å². The molecule has 72 heavy (non-hydrogen) atoms. The van der Waals surface area contributed by atoms with Crippen LogP contribution in [0.2, 0.25) is 0 Å². The molecule has 0 radical (unpaired) electrons. The third-order valence-corrected chi connectivity index (χ3v) is 27.2. The average molecular weight is 993 g/mol. The molecular formula is C65H63N4P3. The minimum absolute atomic E-state index is 0.480. The van der Waals surface area contributed by atoms with Crippen molar-refractivity contribution in [3.63, 3.8) is 0 Å². The number of hydrogen-bond acceptors (Lipinski definition) is 4. The van der Waals surface area contributed by atoms with Crippen molar-refractivity contribution in [2.45, 2.75) is 47.3 Å². The average Bonchev–Trinajstić information content (AvgIpc) is 3.42. The van der Waals surface area contributed by atoms with E-state index in [1.165, 1.54) is 65.2 Å². The lowest BCUT2D eigenvalue weighted by Crippen LogP contribution is -2.40. The Morgan fingerprint density at radius 2 is 0.667 bits per heavy atom. The molecule has 0 fully saturated rings. The molecule has 0 atom stereocenters. The van der Waals surface area contributed by atoms with Gasteiger partial charge in [0.1, 0.15) is 0 Å². The molecule has 0 spiro atoms. The summed E-state index contributed by atoms with van der Waals surface area (Å²) in [6, 6.07) is 89.2. The van der Waals surface area contributed by atoms with Crippen LogP contribution < -0.4 is 31.8 Å². The predicted molar refractivity (Wildman–Crippen MR) is 313 cm³/mol. The summed E-state index contributed by atoms with van der Waals surface area (Å²) in [4.78, 5) is 2.63. The maximum atomic E-state index is 6.44. The van der Waals surface area contributed by atoms with E-state index in [1.807, 2.05) is 0 Å². The zero-order chi connectivity index (χ0) is 49.2. The van der Waals surface area contributed by atoms with Gasteiger partial charge in [-0.1, -0.05) is 213 Å².